The molecule has 2 heterocycles. The molecule has 2 aromatic heterocycles. The van der Waals surface area contributed by atoms with Crippen molar-refractivity contribution in [3.63, 3.8) is 0 Å². The molecule has 3 aromatic rings. The lowest BCUT2D eigenvalue weighted by Gasteiger charge is -2.49. The van der Waals surface area contributed by atoms with Gasteiger partial charge in [0.15, 0.2) is 0 Å². The van der Waals surface area contributed by atoms with Gasteiger partial charge < -0.3 is 0 Å². The Morgan fingerprint density at radius 3 is 2.61 bits per heavy atom. The third-order valence-electron chi connectivity index (χ3n) is 6.91. The highest BCUT2D eigenvalue weighted by Crippen LogP contribution is 2.55. The van der Waals surface area contributed by atoms with E-state index in [4.69, 9.17) is 5.10 Å². The van der Waals surface area contributed by atoms with Crippen LogP contribution in [0, 0.1) is 11.8 Å². The average molecular weight is 372 g/mol. The molecule has 5 heteroatoms. The molecule has 0 unspecified atom stereocenters. The molecular formula is C23H24N4O. The van der Waals surface area contributed by atoms with Gasteiger partial charge in [-0.25, -0.2) is 9.97 Å². The van der Waals surface area contributed by atoms with Crippen LogP contribution in [0.4, 0.5) is 0 Å². The summed E-state index contributed by atoms with van der Waals surface area (Å²) in [7, 11) is 2.01. The van der Waals surface area contributed by atoms with Crippen LogP contribution in [0.1, 0.15) is 43.0 Å². The maximum atomic E-state index is 12.6. The van der Waals surface area contributed by atoms with E-state index in [2.05, 4.69) is 47.2 Å². The Kier molecular flexibility index (Phi) is 3.93. The number of carbonyl (C=O) groups is 1. The smallest absolute Gasteiger partial charge is 0.136 e. The number of hydrogen-bond acceptors (Lipinski definition) is 4. The summed E-state index contributed by atoms with van der Waals surface area (Å²) in [5.74, 6) is 0.749. The fourth-order valence-electron chi connectivity index (χ4n) is 5.65. The zero-order valence-electron chi connectivity index (χ0n) is 16.3. The second-order valence-electron chi connectivity index (χ2n) is 8.16. The number of hydrogen-bond donors (Lipinski definition) is 0. The lowest BCUT2D eigenvalue weighted by atomic mass is 9.53. The van der Waals surface area contributed by atoms with E-state index < -0.39 is 0 Å². The molecule has 0 amide bonds. The van der Waals surface area contributed by atoms with Gasteiger partial charge in [0.2, 0.25) is 0 Å². The lowest BCUT2D eigenvalue weighted by Crippen LogP contribution is -2.49. The van der Waals surface area contributed by atoms with Crippen LogP contribution in [0.5, 0.6) is 0 Å². The van der Waals surface area contributed by atoms with Crippen molar-refractivity contribution >= 4 is 5.78 Å². The molecular weight excluding hydrogens is 348 g/mol. The van der Waals surface area contributed by atoms with E-state index in [-0.39, 0.29) is 11.3 Å². The van der Waals surface area contributed by atoms with E-state index in [9.17, 15) is 4.79 Å². The van der Waals surface area contributed by atoms with Crippen LogP contribution in [0.15, 0.2) is 49.1 Å². The van der Waals surface area contributed by atoms with Crippen LogP contribution in [-0.2, 0) is 23.7 Å². The third-order valence-corrected chi connectivity index (χ3v) is 6.91. The van der Waals surface area contributed by atoms with Crippen LogP contribution < -0.4 is 0 Å². The molecule has 2 aliphatic rings. The van der Waals surface area contributed by atoms with Crippen molar-refractivity contribution in [2.24, 2.45) is 18.9 Å². The minimum absolute atomic E-state index is 0.0626. The molecule has 0 bridgehead atoms. The number of carbonyl (C=O) groups excluding carboxylic acids is 1. The Morgan fingerprint density at radius 1 is 1.11 bits per heavy atom. The molecule has 2 aliphatic carbocycles. The molecule has 1 fully saturated rings. The highest BCUT2D eigenvalue weighted by atomic mass is 16.1. The highest BCUT2D eigenvalue weighted by Gasteiger charge is 2.54. The first-order chi connectivity index (χ1) is 13.6. The average Bonchev–Trinajstić information content (AvgIpc) is 3.08. The number of aromatic nitrogens is 4. The van der Waals surface area contributed by atoms with Crippen molar-refractivity contribution in [2.75, 3.05) is 0 Å². The van der Waals surface area contributed by atoms with Crippen LogP contribution >= 0.6 is 0 Å². The quantitative estimate of drug-likeness (QED) is 0.688. The molecule has 28 heavy (non-hydrogen) atoms. The predicted molar refractivity (Wildman–Crippen MR) is 107 cm³/mol. The largest absolute Gasteiger partial charge is 0.299 e. The Bertz CT molecular complexity index is 1030. The van der Waals surface area contributed by atoms with Gasteiger partial charge in [0.05, 0.1) is 11.4 Å². The Hall–Kier alpha value is -2.82. The maximum Gasteiger partial charge on any atom is 0.136 e. The van der Waals surface area contributed by atoms with Gasteiger partial charge >= 0.3 is 0 Å². The first kappa shape index (κ1) is 17.3. The zero-order chi connectivity index (χ0) is 19.3. The van der Waals surface area contributed by atoms with Crippen molar-refractivity contribution in [3.05, 3.63) is 65.9 Å². The Balaban J connectivity index is 1.77. The topological polar surface area (TPSA) is 60.7 Å². The SMILES string of the molecule is C[C@@H]1C(=O)CC[C@]2(c3ccccc3)c3nn(C)c(-c4cncnc4)c3CC[C@@H]12. The van der Waals surface area contributed by atoms with Gasteiger partial charge in [-0.05, 0) is 30.7 Å². The van der Waals surface area contributed by atoms with E-state index >= 15 is 0 Å². The predicted octanol–water partition coefficient (Wildman–Crippen LogP) is 3.72. The number of aryl methyl sites for hydroxylation is 1. The van der Waals surface area contributed by atoms with Gasteiger partial charge in [0.25, 0.3) is 0 Å². The van der Waals surface area contributed by atoms with E-state index in [1.807, 2.05) is 24.1 Å². The van der Waals surface area contributed by atoms with Gasteiger partial charge in [-0.15, -0.1) is 0 Å². The molecule has 0 saturated heterocycles. The van der Waals surface area contributed by atoms with Gasteiger partial charge in [-0.1, -0.05) is 37.3 Å². The summed E-state index contributed by atoms with van der Waals surface area (Å²) in [6, 6.07) is 10.7. The first-order valence-corrected chi connectivity index (χ1v) is 10.0. The van der Waals surface area contributed by atoms with E-state index in [0.717, 1.165) is 36.2 Å². The minimum atomic E-state index is -0.201. The Morgan fingerprint density at radius 2 is 1.86 bits per heavy atom. The van der Waals surface area contributed by atoms with E-state index in [1.165, 1.54) is 11.1 Å². The van der Waals surface area contributed by atoms with E-state index in [1.54, 1.807) is 6.33 Å². The highest BCUT2D eigenvalue weighted by molar-refractivity contribution is 5.83. The second kappa shape index (κ2) is 6.36. The fourth-order valence-corrected chi connectivity index (χ4v) is 5.65. The monoisotopic (exact) mass is 372 g/mol. The van der Waals surface area contributed by atoms with Gasteiger partial charge in [-0.3, -0.25) is 9.48 Å². The van der Waals surface area contributed by atoms with Crippen molar-refractivity contribution < 1.29 is 4.79 Å². The van der Waals surface area contributed by atoms with Crippen LogP contribution in [0.2, 0.25) is 0 Å². The number of rotatable bonds is 2. The molecule has 142 valence electrons. The van der Waals surface area contributed by atoms with E-state index in [0.29, 0.717) is 18.1 Å². The number of Topliss-reactive ketones (excluding diaryl/α,β-unsaturated/α-hetero) is 1. The fraction of sp³-hybridized carbons (Fsp3) is 0.391. The molecule has 0 radical (unpaired) electrons. The van der Waals surface area contributed by atoms with Crippen LogP contribution in [-0.4, -0.2) is 25.5 Å². The third kappa shape index (κ3) is 2.32. The lowest BCUT2D eigenvalue weighted by molar-refractivity contribution is -0.128. The Labute approximate surface area is 164 Å². The summed E-state index contributed by atoms with van der Waals surface area (Å²) in [6.45, 7) is 2.11. The summed E-state index contributed by atoms with van der Waals surface area (Å²) in [5, 5.41) is 5.07. The standard InChI is InChI=1S/C23H24N4O/c1-15-19-9-8-18-21(16-12-24-14-25-13-16)27(2)26-22(18)23(19,11-10-20(15)28)17-6-4-3-5-7-17/h3-7,12-15,19H,8-11H2,1-2H3/t15-,19-,23+/m0/s1. The summed E-state index contributed by atoms with van der Waals surface area (Å²) in [4.78, 5) is 21.0. The van der Waals surface area contributed by atoms with Crippen molar-refractivity contribution in [2.45, 2.75) is 38.0 Å². The summed E-state index contributed by atoms with van der Waals surface area (Å²) in [5.41, 5.74) is 5.63. The molecule has 5 nitrogen and oxygen atoms in total. The summed E-state index contributed by atoms with van der Waals surface area (Å²) >= 11 is 0. The number of ketones is 1. The van der Waals surface area contributed by atoms with Gasteiger partial charge in [0, 0.05) is 48.3 Å². The summed E-state index contributed by atoms with van der Waals surface area (Å²) < 4.78 is 1.98. The molecule has 0 spiro atoms. The minimum Gasteiger partial charge on any atom is -0.299 e. The number of fused-ring (bicyclic) bond motifs is 3. The van der Waals surface area contributed by atoms with Crippen molar-refractivity contribution in [1.29, 1.82) is 0 Å². The summed E-state index contributed by atoms with van der Waals surface area (Å²) in [6.07, 6.45) is 8.66. The molecule has 3 atom stereocenters. The maximum absolute atomic E-state index is 12.6. The molecule has 0 aliphatic heterocycles. The van der Waals surface area contributed by atoms with Crippen LogP contribution in [0.25, 0.3) is 11.3 Å². The number of benzene rings is 1. The van der Waals surface area contributed by atoms with Crippen molar-refractivity contribution in [1.82, 2.24) is 19.7 Å². The molecule has 5 rings (SSSR count). The van der Waals surface area contributed by atoms with Crippen LogP contribution in [0.3, 0.4) is 0 Å². The van der Waals surface area contributed by atoms with Gasteiger partial charge in [0.1, 0.15) is 12.1 Å². The first-order valence-electron chi connectivity index (χ1n) is 10.0. The molecule has 1 saturated carbocycles. The number of nitrogens with zero attached hydrogens (tertiary/aromatic N) is 4. The second-order valence-corrected chi connectivity index (χ2v) is 8.16. The molecule has 1 aromatic carbocycles. The normalized spacial score (nSPS) is 26.6. The zero-order valence-corrected chi connectivity index (χ0v) is 16.3. The molecule has 0 N–H and O–H groups in total. The van der Waals surface area contributed by atoms with Gasteiger partial charge in [-0.2, -0.15) is 5.10 Å². The van der Waals surface area contributed by atoms with Crippen molar-refractivity contribution in [3.8, 4) is 11.3 Å².